The Hall–Kier alpha value is -3.57. The van der Waals surface area contributed by atoms with Crippen molar-refractivity contribution in [3.8, 4) is 5.75 Å². The van der Waals surface area contributed by atoms with E-state index in [0.717, 1.165) is 24.8 Å². The monoisotopic (exact) mass is 543 g/mol. The third-order valence-electron chi connectivity index (χ3n) is 6.16. The molecule has 2 N–H and O–H groups in total. The number of nitrogens with one attached hydrogen (secondary N) is 2. The number of ether oxygens (including phenoxy) is 1. The zero-order valence-electron chi connectivity index (χ0n) is 20.6. The van der Waals surface area contributed by atoms with Gasteiger partial charge in [-0.15, -0.1) is 0 Å². The third kappa shape index (κ3) is 6.05. The standard InChI is InChI=1S/C26H29N3O6S2/c1-19-8-4-5-9-24(19)28-36(31,32)21-12-10-20(11-13-21)27-37(33,34)22-14-15-25(35-2)23(18-22)26(30)29-16-6-3-7-17-29/h4-5,8-15,18,27-28H,3,6-7,16-17H2,1-2H3. The molecule has 0 atom stereocenters. The zero-order valence-corrected chi connectivity index (χ0v) is 22.2. The lowest BCUT2D eigenvalue weighted by molar-refractivity contribution is 0.0720. The predicted molar refractivity (Wildman–Crippen MR) is 142 cm³/mol. The first kappa shape index (κ1) is 26.5. The van der Waals surface area contributed by atoms with Gasteiger partial charge >= 0.3 is 0 Å². The maximum Gasteiger partial charge on any atom is 0.261 e. The van der Waals surface area contributed by atoms with Crippen LogP contribution < -0.4 is 14.2 Å². The van der Waals surface area contributed by atoms with Crippen LogP contribution in [0.1, 0.15) is 35.2 Å². The van der Waals surface area contributed by atoms with Crippen molar-refractivity contribution in [2.45, 2.75) is 36.0 Å². The number of carbonyl (C=O) groups is 1. The Morgan fingerprint density at radius 1 is 0.811 bits per heavy atom. The number of para-hydroxylation sites is 1. The lowest BCUT2D eigenvalue weighted by atomic mass is 10.1. The van der Waals surface area contributed by atoms with E-state index in [1.165, 1.54) is 49.6 Å². The number of methoxy groups -OCH3 is 1. The molecule has 1 aliphatic heterocycles. The number of benzene rings is 3. The molecule has 0 unspecified atom stereocenters. The predicted octanol–water partition coefficient (Wildman–Crippen LogP) is 4.23. The molecule has 11 heteroatoms. The van der Waals surface area contributed by atoms with Gasteiger partial charge in [0.15, 0.2) is 0 Å². The Bertz CT molecular complexity index is 1500. The minimum absolute atomic E-state index is 0.0161. The van der Waals surface area contributed by atoms with Gasteiger partial charge in [0.2, 0.25) is 0 Å². The normalized spacial score (nSPS) is 14.2. The second kappa shape index (κ2) is 10.8. The molecule has 1 amide bonds. The number of amides is 1. The fraction of sp³-hybridized carbons (Fsp3) is 0.269. The minimum Gasteiger partial charge on any atom is -0.496 e. The number of anilines is 2. The van der Waals surface area contributed by atoms with Crippen molar-refractivity contribution in [1.82, 2.24) is 4.90 Å². The molecule has 0 spiro atoms. The number of likely N-dealkylation sites (tertiary alicyclic amines) is 1. The minimum atomic E-state index is -4.07. The summed E-state index contributed by atoms with van der Waals surface area (Å²) in [4.78, 5) is 14.7. The van der Waals surface area contributed by atoms with E-state index in [1.807, 2.05) is 6.07 Å². The van der Waals surface area contributed by atoms with Crippen LogP contribution in [0.2, 0.25) is 0 Å². The summed E-state index contributed by atoms with van der Waals surface area (Å²) in [6, 6.07) is 16.5. The molecule has 3 aromatic carbocycles. The van der Waals surface area contributed by atoms with Crippen LogP contribution in [0.5, 0.6) is 5.75 Å². The first-order valence-corrected chi connectivity index (χ1v) is 14.8. The van der Waals surface area contributed by atoms with Crippen LogP contribution in [-0.4, -0.2) is 47.8 Å². The quantitative estimate of drug-likeness (QED) is 0.439. The summed E-state index contributed by atoms with van der Waals surface area (Å²) in [5.74, 6) is 0.0227. The van der Waals surface area contributed by atoms with Gasteiger partial charge in [0.1, 0.15) is 5.75 Å². The number of hydrogen-bond acceptors (Lipinski definition) is 6. The van der Waals surface area contributed by atoms with Crippen molar-refractivity contribution in [2.75, 3.05) is 29.6 Å². The average Bonchev–Trinajstić information content (AvgIpc) is 2.89. The number of rotatable bonds is 8. The van der Waals surface area contributed by atoms with Crippen LogP contribution >= 0.6 is 0 Å². The van der Waals surface area contributed by atoms with Crippen LogP contribution in [0.25, 0.3) is 0 Å². The van der Waals surface area contributed by atoms with E-state index in [9.17, 15) is 21.6 Å². The van der Waals surface area contributed by atoms with Crippen molar-refractivity contribution >= 4 is 37.3 Å². The van der Waals surface area contributed by atoms with Crippen molar-refractivity contribution in [3.05, 3.63) is 77.9 Å². The summed E-state index contributed by atoms with van der Waals surface area (Å²) in [7, 11) is -6.51. The number of sulfonamides is 2. The molecule has 1 heterocycles. The molecule has 0 saturated carbocycles. The number of carbonyl (C=O) groups excluding carboxylic acids is 1. The SMILES string of the molecule is COc1ccc(S(=O)(=O)Nc2ccc(S(=O)(=O)Nc3ccccc3C)cc2)cc1C(=O)N1CCCCC1. The Balaban J connectivity index is 1.54. The fourth-order valence-electron chi connectivity index (χ4n) is 4.10. The topological polar surface area (TPSA) is 122 Å². The smallest absolute Gasteiger partial charge is 0.261 e. The summed E-state index contributed by atoms with van der Waals surface area (Å²) < 4.78 is 62.0. The van der Waals surface area contributed by atoms with Crippen LogP contribution in [-0.2, 0) is 20.0 Å². The van der Waals surface area contributed by atoms with Gasteiger partial charge in [-0.1, -0.05) is 18.2 Å². The summed E-state index contributed by atoms with van der Waals surface area (Å²) in [6.07, 6.45) is 2.86. The fourth-order valence-corrected chi connectivity index (χ4v) is 6.31. The van der Waals surface area contributed by atoms with Crippen molar-refractivity contribution in [3.63, 3.8) is 0 Å². The first-order chi connectivity index (χ1) is 17.6. The second-order valence-electron chi connectivity index (χ2n) is 8.77. The van der Waals surface area contributed by atoms with Gasteiger partial charge < -0.3 is 9.64 Å². The second-order valence-corrected chi connectivity index (χ2v) is 12.1. The summed E-state index contributed by atoms with van der Waals surface area (Å²) >= 11 is 0. The van der Waals surface area contributed by atoms with Gasteiger partial charge in [0, 0.05) is 18.8 Å². The van der Waals surface area contributed by atoms with E-state index in [1.54, 1.807) is 30.0 Å². The van der Waals surface area contributed by atoms with Gasteiger partial charge in [0.25, 0.3) is 26.0 Å². The lowest BCUT2D eigenvalue weighted by Gasteiger charge is -2.27. The molecule has 1 fully saturated rings. The Labute approximate surface area is 217 Å². The molecule has 196 valence electrons. The average molecular weight is 544 g/mol. The summed E-state index contributed by atoms with van der Waals surface area (Å²) in [6.45, 7) is 3.02. The van der Waals surface area contributed by atoms with Gasteiger partial charge in [-0.3, -0.25) is 14.2 Å². The van der Waals surface area contributed by atoms with Crippen LogP contribution in [0.15, 0.2) is 76.5 Å². The molecule has 0 radical (unpaired) electrons. The highest BCUT2D eigenvalue weighted by molar-refractivity contribution is 7.93. The van der Waals surface area contributed by atoms with Gasteiger partial charge in [-0.05, 0) is 80.3 Å². The highest BCUT2D eigenvalue weighted by atomic mass is 32.2. The van der Waals surface area contributed by atoms with E-state index in [0.29, 0.717) is 24.5 Å². The maximum absolute atomic E-state index is 13.1. The van der Waals surface area contributed by atoms with E-state index in [4.69, 9.17) is 4.74 Å². The largest absolute Gasteiger partial charge is 0.496 e. The first-order valence-electron chi connectivity index (χ1n) is 11.8. The summed E-state index contributed by atoms with van der Waals surface area (Å²) in [5, 5.41) is 0. The zero-order chi connectivity index (χ0) is 26.6. The Morgan fingerprint density at radius 3 is 2.08 bits per heavy atom. The number of aryl methyl sites for hydroxylation is 1. The molecule has 1 saturated heterocycles. The Kier molecular flexibility index (Phi) is 7.74. The van der Waals surface area contributed by atoms with Gasteiger partial charge in [-0.25, -0.2) is 16.8 Å². The summed E-state index contributed by atoms with van der Waals surface area (Å²) in [5.41, 5.74) is 1.58. The number of hydrogen-bond donors (Lipinski definition) is 2. The molecular weight excluding hydrogens is 514 g/mol. The maximum atomic E-state index is 13.1. The molecule has 0 bridgehead atoms. The van der Waals surface area contributed by atoms with E-state index in [2.05, 4.69) is 9.44 Å². The molecule has 9 nitrogen and oxygen atoms in total. The van der Waals surface area contributed by atoms with Gasteiger partial charge in [0.05, 0.1) is 28.2 Å². The molecular formula is C26H29N3O6S2. The van der Waals surface area contributed by atoms with Crippen molar-refractivity contribution in [1.29, 1.82) is 0 Å². The van der Waals surface area contributed by atoms with Crippen molar-refractivity contribution < 1.29 is 26.4 Å². The van der Waals surface area contributed by atoms with E-state index >= 15 is 0 Å². The van der Waals surface area contributed by atoms with E-state index in [-0.39, 0.29) is 26.9 Å². The molecule has 3 aromatic rings. The molecule has 37 heavy (non-hydrogen) atoms. The Morgan fingerprint density at radius 2 is 1.43 bits per heavy atom. The van der Waals surface area contributed by atoms with Crippen LogP contribution in [0, 0.1) is 6.92 Å². The number of nitrogens with zero attached hydrogens (tertiary/aromatic N) is 1. The number of piperidine rings is 1. The van der Waals surface area contributed by atoms with Crippen LogP contribution in [0.3, 0.4) is 0 Å². The lowest BCUT2D eigenvalue weighted by Crippen LogP contribution is -2.35. The molecule has 0 aliphatic carbocycles. The molecule has 0 aromatic heterocycles. The van der Waals surface area contributed by atoms with Gasteiger partial charge in [-0.2, -0.15) is 0 Å². The van der Waals surface area contributed by atoms with Crippen molar-refractivity contribution in [2.24, 2.45) is 0 Å². The van der Waals surface area contributed by atoms with E-state index < -0.39 is 20.0 Å². The third-order valence-corrected chi connectivity index (χ3v) is 8.92. The highest BCUT2D eigenvalue weighted by Crippen LogP contribution is 2.27. The molecule has 1 aliphatic rings. The highest BCUT2D eigenvalue weighted by Gasteiger charge is 2.25. The molecule has 4 rings (SSSR count). The van der Waals surface area contributed by atoms with Crippen LogP contribution in [0.4, 0.5) is 11.4 Å².